The zero-order chi connectivity index (χ0) is 18.4. The second kappa shape index (κ2) is 8.62. The van der Waals surface area contributed by atoms with E-state index in [1.807, 2.05) is 32.9 Å². The van der Waals surface area contributed by atoms with Gasteiger partial charge >= 0.3 is 0 Å². The molecule has 0 saturated heterocycles. The molecule has 0 bridgehead atoms. The van der Waals surface area contributed by atoms with Crippen molar-refractivity contribution in [3.05, 3.63) is 41.5 Å². The summed E-state index contributed by atoms with van der Waals surface area (Å²) < 4.78 is 21.9. The Labute approximate surface area is 147 Å². The van der Waals surface area contributed by atoms with Crippen molar-refractivity contribution in [3.63, 3.8) is 0 Å². The van der Waals surface area contributed by atoms with Crippen molar-refractivity contribution in [3.8, 4) is 0 Å². The number of aryl methyl sites for hydroxylation is 2. The van der Waals surface area contributed by atoms with Crippen LogP contribution in [0.15, 0.2) is 22.8 Å². The van der Waals surface area contributed by atoms with Crippen LogP contribution in [0, 0.1) is 5.82 Å². The van der Waals surface area contributed by atoms with Crippen molar-refractivity contribution < 1.29 is 8.81 Å². The Morgan fingerprint density at radius 3 is 2.68 bits per heavy atom. The molecule has 0 saturated carbocycles. The number of furan rings is 1. The van der Waals surface area contributed by atoms with Crippen LogP contribution in [0.25, 0.3) is 11.0 Å². The third-order valence-electron chi connectivity index (χ3n) is 3.84. The highest BCUT2D eigenvalue weighted by Crippen LogP contribution is 2.29. The van der Waals surface area contributed by atoms with E-state index in [4.69, 9.17) is 10.2 Å². The summed E-state index contributed by atoms with van der Waals surface area (Å²) in [7, 11) is 1.80. The Morgan fingerprint density at radius 1 is 1.32 bits per heavy atom. The normalized spacial score (nSPS) is 10.6. The topological polar surface area (TPSA) is 81.9 Å². The van der Waals surface area contributed by atoms with E-state index >= 15 is 0 Å². The maximum absolute atomic E-state index is 14.8. The number of halogens is 1. The average Bonchev–Trinajstić information content (AvgIpc) is 3.24. The second-order valence-corrected chi connectivity index (χ2v) is 5.33. The summed E-state index contributed by atoms with van der Waals surface area (Å²) in [5.41, 5.74) is 6.72. The third-order valence-corrected chi connectivity index (χ3v) is 3.84. The molecule has 0 fully saturated rings. The number of hydrogen-bond acceptors (Lipinski definition) is 5. The number of aromatic nitrogens is 3. The van der Waals surface area contributed by atoms with Crippen molar-refractivity contribution in [2.45, 2.75) is 40.2 Å². The van der Waals surface area contributed by atoms with Crippen LogP contribution in [0.4, 0.5) is 10.2 Å². The summed E-state index contributed by atoms with van der Waals surface area (Å²) in [4.78, 5) is 8.92. The van der Waals surface area contributed by atoms with E-state index < -0.39 is 0 Å². The van der Waals surface area contributed by atoms with Crippen LogP contribution < -0.4 is 11.1 Å². The van der Waals surface area contributed by atoms with Gasteiger partial charge in [0, 0.05) is 19.9 Å². The van der Waals surface area contributed by atoms with Gasteiger partial charge in [-0.3, -0.25) is 0 Å². The average molecular weight is 347 g/mol. The van der Waals surface area contributed by atoms with Gasteiger partial charge in [0.15, 0.2) is 5.82 Å². The predicted molar refractivity (Wildman–Crippen MR) is 98.0 cm³/mol. The second-order valence-electron chi connectivity index (χ2n) is 5.33. The van der Waals surface area contributed by atoms with Crippen molar-refractivity contribution in [2.24, 2.45) is 12.8 Å². The summed E-state index contributed by atoms with van der Waals surface area (Å²) in [6.45, 7) is 6.78. The molecule has 6 nitrogen and oxygen atoms in total. The monoisotopic (exact) mass is 347 g/mol. The highest BCUT2D eigenvalue weighted by atomic mass is 19.1. The largest absolute Gasteiger partial charge is 0.467 e. The molecular formula is C18H26FN5O. The minimum atomic E-state index is -0.308. The van der Waals surface area contributed by atoms with Gasteiger partial charge in [-0.05, 0) is 18.7 Å². The number of rotatable bonds is 6. The van der Waals surface area contributed by atoms with Crippen molar-refractivity contribution in [2.75, 3.05) is 11.9 Å². The molecule has 7 heteroatoms. The van der Waals surface area contributed by atoms with Crippen LogP contribution in [0.3, 0.4) is 0 Å². The Bertz CT molecular complexity index is 811. The molecule has 25 heavy (non-hydrogen) atoms. The zero-order valence-electron chi connectivity index (χ0n) is 15.3. The minimum absolute atomic E-state index is 0.308. The van der Waals surface area contributed by atoms with Gasteiger partial charge in [0.25, 0.3) is 0 Å². The molecule has 0 atom stereocenters. The number of fused-ring (bicyclic) bond motifs is 1. The van der Waals surface area contributed by atoms with Crippen LogP contribution in [0.2, 0.25) is 0 Å². The Balaban J connectivity index is 0.00000109. The lowest BCUT2D eigenvalue weighted by Gasteiger charge is -2.07. The molecule has 0 aromatic carbocycles. The van der Waals surface area contributed by atoms with Crippen LogP contribution >= 0.6 is 0 Å². The summed E-state index contributed by atoms with van der Waals surface area (Å²) >= 11 is 0. The van der Waals surface area contributed by atoms with Gasteiger partial charge in [0.1, 0.15) is 23.0 Å². The first-order chi connectivity index (χ1) is 12.2. The van der Waals surface area contributed by atoms with Gasteiger partial charge in [-0.25, -0.2) is 14.4 Å². The fourth-order valence-corrected chi connectivity index (χ4v) is 2.64. The molecule has 3 rings (SSSR count). The van der Waals surface area contributed by atoms with Crippen LogP contribution in [0.1, 0.15) is 38.0 Å². The molecular weight excluding hydrogens is 321 g/mol. The van der Waals surface area contributed by atoms with E-state index in [0.29, 0.717) is 54.3 Å². The maximum Gasteiger partial charge on any atom is 0.157 e. The Morgan fingerprint density at radius 2 is 2.08 bits per heavy atom. The van der Waals surface area contributed by atoms with E-state index in [1.54, 1.807) is 17.9 Å². The Hall–Kier alpha value is -2.41. The third kappa shape index (κ3) is 3.82. The van der Waals surface area contributed by atoms with E-state index in [1.165, 1.54) is 0 Å². The summed E-state index contributed by atoms with van der Waals surface area (Å²) in [6.07, 6.45) is 2.73. The van der Waals surface area contributed by atoms with E-state index in [2.05, 4.69) is 15.3 Å². The standard InChI is InChI=1S/C16H20FN5O.C2H6/c1-3-12-20-15(19-9-10-5-4-8-23-10)13-14(17)11(6-7-18)22(2)16(13)21-12;1-2/h4-5,8H,3,6-7,9,18H2,1-2H3,(H,19,20,21);1-2H3. The summed E-state index contributed by atoms with van der Waals surface area (Å²) in [5.74, 6) is 1.60. The molecule has 0 amide bonds. The fraction of sp³-hybridized carbons (Fsp3) is 0.444. The first-order valence-electron chi connectivity index (χ1n) is 8.65. The first kappa shape index (κ1) is 18.9. The lowest BCUT2D eigenvalue weighted by atomic mass is 10.2. The van der Waals surface area contributed by atoms with Crippen LogP contribution in [0.5, 0.6) is 0 Å². The van der Waals surface area contributed by atoms with Crippen molar-refractivity contribution >= 4 is 16.9 Å². The lowest BCUT2D eigenvalue weighted by Crippen LogP contribution is -2.08. The molecule has 3 aromatic heterocycles. The number of hydrogen-bond donors (Lipinski definition) is 2. The molecule has 3 N–H and O–H groups in total. The van der Waals surface area contributed by atoms with Crippen molar-refractivity contribution in [1.29, 1.82) is 0 Å². The van der Waals surface area contributed by atoms with Crippen LogP contribution in [-0.4, -0.2) is 21.1 Å². The molecule has 0 aliphatic carbocycles. The predicted octanol–water partition coefficient (Wildman–Crippen LogP) is 3.40. The van der Waals surface area contributed by atoms with Gasteiger partial charge in [0.2, 0.25) is 0 Å². The van der Waals surface area contributed by atoms with Crippen LogP contribution in [-0.2, 0) is 26.4 Å². The number of nitrogens with two attached hydrogens (primary N) is 1. The number of nitrogens with zero attached hydrogens (tertiary/aromatic N) is 3. The molecule has 0 unspecified atom stereocenters. The van der Waals surface area contributed by atoms with Gasteiger partial charge in [-0.1, -0.05) is 20.8 Å². The van der Waals surface area contributed by atoms with Gasteiger partial charge in [0.05, 0.1) is 23.9 Å². The van der Waals surface area contributed by atoms with E-state index in [9.17, 15) is 4.39 Å². The van der Waals surface area contributed by atoms with Gasteiger partial charge < -0.3 is 20.0 Å². The maximum atomic E-state index is 14.8. The van der Waals surface area contributed by atoms with Gasteiger partial charge in [-0.15, -0.1) is 0 Å². The molecule has 0 spiro atoms. The molecule has 0 radical (unpaired) electrons. The smallest absolute Gasteiger partial charge is 0.157 e. The minimum Gasteiger partial charge on any atom is -0.467 e. The number of nitrogens with one attached hydrogen (secondary N) is 1. The quantitative estimate of drug-likeness (QED) is 0.714. The molecule has 136 valence electrons. The Kier molecular flexibility index (Phi) is 6.52. The number of anilines is 1. The molecule has 0 aliphatic rings. The molecule has 3 aromatic rings. The summed E-state index contributed by atoms with van der Waals surface area (Å²) in [6, 6.07) is 3.67. The SMILES string of the molecule is CC.CCc1nc(NCc2ccco2)c2c(F)c(CCN)n(C)c2n1. The molecule has 3 heterocycles. The highest BCUT2D eigenvalue weighted by molar-refractivity contribution is 5.89. The van der Waals surface area contributed by atoms with E-state index in [0.717, 1.165) is 5.76 Å². The summed E-state index contributed by atoms with van der Waals surface area (Å²) in [5, 5.41) is 3.56. The lowest BCUT2D eigenvalue weighted by molar-refractivity contribution is 0.518. The highest BCUT2D eigenvalue weighted by Gasteiger charge is 2.21. The van der Waals surface area contributed by atoms with E-state index in [-0.39, 0.29) is 5.82 Å². The van der Waals surface area contributed by atoms with Gasteiger partial charge in [-0.2, -0.15) is 0 Å². The van der Waals surface area contributed by atoms with Crippen molar-refractivity contribution in [1.82, 2.24) is 14.5 Å². The zero-order valence-corrected chi connectivity index (χ0v) is 15.3. The first-order valence-corrected chi connectivity index (χ1v) is 8.65. The molecule has 0 aliphatic heterocycles. The fourth-order valence-electron chi connectivity index (χ4n) is 2.64.